The molecule has 1 unspecified atom stereocenters. The Hall–Kier alpha value is -2.34. The number of ether oxygens (including phenoxy) is 1. The molecule has 1 atom stereocenters. The lowest BCUT2D eigenvalue weighted by Gasteiger charge is -2.27. The van der Waals surface area contributed by atoms with Crippen molar-refractivity contribution in [2.75, 3.05) is 6.54 Å². The van der Waals surface area contributed by atoms with E-state index in [4.69, 9.17) is 15.5 Å². The molecule has 140 valence electrons. The van der Waals surface area contributed by atoms with Crippen LogP contribution in [0.3, 0.4) is 0 Å². The van der Waals surface area contributed by atoms with Crippen molar-refractivity contribution in [3.05, 3.63) is 53.1 Å². The predicted octanol–water partition coefficient (Wildman–Crippen LogP) is 3.25. The molecule has 1 aliphatic heterocycles. The normalized spacial score (nSPS) is 15.0. The van der Waals surface area contributed by atoms with E-state index >= 15 is 0 Å². The number of carbonyl (C=O) groups is 1. The van der Waals surface area contributed by atoms with Gasteiger partial charge in [-0.05, 0) is 11.5 Å². The zero-order valence-corrected chi connectivity index (χ0v) is 15.8. The molecule has 1 amide bonds. The third kappa shape index (κ3) is 3.75. The molecule has 0 bridgehead atoms. The number of benzene rings is 1. The Morgan fingerprint density at radius 1 is 1.23 bits per heavy atom. The second-order valence-electron chi connectivity index (χ2n) is 7.21. The summed E-state index contributed by atoms with van der Waals surface area (Å²) in [6.07, 6.45) is -0.296. The van der Waals surface area contributed by atoms with E-state index in [9.17, 15) is 4.79 Å². The Labute approximate surface area is 155 Å². The lowest BCUT2D eigenvalue weighted by molar-refractivity contribution is 0.0859. The molecular weight excluding hydrogens is 328 g/mol. The highest BCUT2D eigenvalue weighted by molar-refractivity contribution is 5.67. The van der Waals surface area contributed by atoms with Crippen LogP contribution in [-0.4, -0.2) is 27.1 Å². The maximum Gasteiger partial charge on any atom is 0.410 e. The zero-order valence-electron chi connectivity index (χ0n) is 15.8. The molecule has 3 rings (SSSR count). The fourth-order valence-electron chi connectivity index (χ4n) is 3.27. The first kappa shape index (κ1) is 18.5. The molecule has 6 nitrogen and oxygen atoms in total. The number of hydrogen-bond acceptors (Lipinski definition) is 4. The highest BCUT2D eigenvalue weighted by Gasteiger charge is 2.28. The second kappa shape index (κ2) is 7.91. The Kier molecular flexibility index (Phi) is 5.61. The summed E-state index contributed by atoms with van der Waals surface area (Å²) in [6, 6.07) is 9.71. The Balaban J connectivity index is 1.70. The predicted molar refractivity (Wildman–Crippen MR) is 100 cm³/mol. The standard InChI is InChI=1S/C20H28N4O2/c1-14(2)15(3)19-17(11-21)24-10-9-23(12-18(24)22-19)20(25)26-13-16-7-5-4-6-8-16/h4-8,14-15H,9-13,21H2,1-3H3. The number of aromatic nitrogens is 2. The van der Waals surface area contributed by atoms with Gasteiger partial charge in [-0.2, -0.15) is 0 Å². The summed E-state index contributed by atoms with van der Waals surface area (Å²) in [7, 11) is 0. The molecule has 1 aromatic carbocycles. The molecule has 2 heterocycles. The van der Waals surface area contributed by atoms with E-state index in [1.165, 1.54) is 0 Å². The van der Waals surface area contributed by atoms with Crippen molar-refractivity contribution in [2.24, 2.45) is 11.7 Å². The highest BCUT2D eigenvalue weighted by Crippen LogP contribution is 2.28. The van der Waals surface area contributed by atoms with Gasteiger partial charge >= 0.3 is 6.09 Å². The minimum atomic E-state index is -0.296. The number of rotatable bonds is 5. The molecule has 0 spiro atoms. The van der Waals surface area contributed by atoms with Gasteiger partial charge in [0.2, 0.25) is 0 Å². The third-order valence-corrected chi connectivity index (χ3v) is 5.20. The van der Waals surface area contributed by atoms with E-state index in [1.807, 2.05) is 30.3 Å². The molecule has 2 N–H and O–H groups in total. The van der Waals surface area contributed by atoms with E-state index in [1.54, 1.807) is 4.90 Å². The monoisotopic (exact) mass is 356 g/mol. The fourth-order valence-corrected chi connectivity index (χ4v) is 3.27. The molecule has 0 fully saturated rings. The van der Waals surface area contributed by atoms with Crippen LogP contribution in [0.4, 0.5) is 4.79 Å². The maximum absolute atomic E-state index is 12.4. The van der Waals surface area contributed by atoms with E-state index in [-0.39, 0.29) is 12.7 Å². The van der Waals surface area contributed by atoms with Crippen LogP contribution in [0.15, 0.2) is 30.3 Å². The minimum Gasteiger partial charge on any atom is -0.445 e. The number of fused-ring (bicyclic) bond motifs is 1. The van der Waals surface area contributed by atoms with Gasteiger partial charge in [-0.1, -0.05) is 51.1 Å². The van der Waals surface area contributed by atoms with Gasteiger partial charge in [0.05, 0.1) is 17.9 Å². The van der Waals surface area contributed by atoms with Crippen molar-refractivity contribution >= 4 is 6.09 Å². The van der Waals surface area contributed by atoms with Crippen LogP contribution in [0.5, 0.6) is 0 Å². The Bertz CT molecular complexity index is 755. The van der Waals surface area contributed by atoms with Crippen molar-refractivity contribution < 1.29 is 9.53 Å². The summed E-state index contributed by atoms with van der Waals surface area (Å²) in [5.74, 6) is 1.73. The van der Waals surface area contributed by atoms with Gasteiger partial charge in [0, 0.05) is 25.6 Å². The van der Waals surface area contributed by atoms with Gasteiger partial charge in [-0.25, -0.2) is 9.78 Å². The van der Waals surface area contributed by atoms with E-state index in [0.29, 0.717) is 38.0 Å². The largest absolute Gasteiger partial charge is 0.445 e. The van der Waals surface area contributed by atoms with Crippen LogP contribution in [0.1, 0.15) is 49.5 Å². The summed E-state index contributed by atoms with van der Waals surface area (Å²) >= 11 is 0. The lowest BCUT2D eigenvalue weighted by atomic mass is 9.93. The van der Waals surface area contributed by atoms with Crippen LogP contribution in [0, 0.1) is 5.92 Å². The molecule has 1 aromatic heterocycles. The smallest absolute Gasteiger partial charge is 0.410 e. The molecule has 0 saturated carbocycles. The highest BCUT2D eigenvalue weighted by atomic mass is 16.6. The van der Waals surface area contributed by atoms with Gasteiger partial charge in [0.1, 0.15) is 12.4 Å². The molecule has 1 aliphatic rings. The topological polar surface area (TPSA) is 73.4 Å². The van der Waals surface area contributed by atoms with Crippen LogP contribution < -0.4 is 5.73 Å². The van der Waals surface area contributed by atoms with Gasteiger partial charge in [0.15, 0.2) is 0 Å². The summed E-state index contributed by atoms with van der Waals surface area (Å²) in [5, 5.41) is 0. The fraction of sp³-hybridized carbons (Fsp3) is 0.500. The first-order chi connectivity index (χ1) is 12.5. The first-order valence-corrected chi connectivity index (χ1v) is 9.25. The average Bonchev–Trinajstić information content (AvgIpc) is 3.03. The van der Waals surface area contributed by atoms with E-state index in [0.717, 1.165) is 22.8 Å². The lowest BCUT2D eigenvalue weighted by Crippen LogP contribution is -2.39. The summed E-state index contributed by atoms with van der Waals surface area (Å²) in [5.41, 5.74) is 9.14. The third-order valence-electron chi connectivity index (χ3n) is 5.20. The van der Waals surface area contributed by atoms with Crippen molar-refractivity contribution in [3.8, 4) is 0 Å². The first-order valence-electron chi connectivity index (χ1n) is 9.25. The average molecular weight is 356 g/mol. The van der Waals surface area contributed by atoms with E-state index in [2.05, 4.69) is 25.3 Å². The molecule has 2 aromatic rings. The summed E-state index contributed by atoms with van der Waals surface area (Å²) in [6.45, 7) is 9.11. The van der Waals surface area contributed by atoms with Crippen molar-refractivity contribution in [3.63, 3.8) is 0 Å². The Morgan fingerprint density at radius 3 is 2.62 bits per heavy atom. The van der Waals surface area contributed by atoms with Crippen molar-refractivity contribution in [1.29, 1.82) is 0 Å². The van der Waals surface area contributed by atoms with Crippen LogP contribution >= 0.6 is 0 Å². The van der Waals surface area contributed by atoms with E-state index < -0.39 is 0 Å². The molecule has 26 heavy (non-hydrogen) atoms. The number of amides is 1. The van der Waals surface area contributed by atoms with Gasteiger partial charge in [0.25, 0.3) is 0 Å². The molecule has 0 radical (unpaired) electrons. The van der Waals surface area contributed by atoms with Gasteiger partial charge in [-0.3, -0.25) is 4.90 Å². The van der Waals surface area contributed by atoms with Gasteiger partial charge < -0.3 is 15.0 Å². The quantitative estimate of drug-likeness (QED) is 0.892. The van der Waals surface area contributed by atoms with Crippen molar-refractivity contribution in [1.82, 2.24) is 14.5 Å². The number of nitrogens with zero attached hydrogens (tertiary/aromatic N) is 3. The summed E-state index contributed by atoms with van der Waals surface area (Å²) < 4.78 is 7.63. The SMILES string of the molecule is CC(C)C(C)c1nc2n(c1CN)CCN(C(=O)OCc1ccccc1)C2. The maximum atomic E-state index is 12.4. The van der Waals surface area contributed by atoms with Crippen molar-refractivity contribution in [2.45, 2.75) is 52.9 Å². The molecule has 0 aliphatic carbocycles. The van der Waals surface area contributed by atoms with Gasteiger partial charge in [-0.15, -0.1) is 0 Å². The molecular formula is C20H28N4O2. The van der Waals surface area contributed by atoms with Crippen LogP contribution in [0.25, 0.3) is 0 Å². The van der Waals surface area contributed by atoms with Crippen LogP contribution in [-0.2, 0) is 31.0 Å². The molecule has 0 saturated heterocycles. The number of carbonyl (C=O) groups excluding carboxylic acids is 1. The number of nitrogens with two attached hydrogens (primary N) is 1. The number of imidazole rings is 1. The molecule has 6 heteroatoms. The summed E-state index contributed by atoms with van der Waals surface area (Å²) in [4.78, 5) is 19.0. The Morgan fingerprint density at radius 2 is 1.96 bits per heavy atom. The minimum absolute atomic E-state index is 0.286. The zero-order chi connectivity index (χ0) is 18.7. The number of hydrogen-bond donors (Lipinski definition) is 1. The van der Waals surface area contributed by atoms with Crippen LogP contribution in [0.2, 0.25) is 0 Å². The second-order valence-corrected chi connectivity index (χ2v) is 7.21.